The highest BCUT2D eigenvalue weighted by Crippen LogP contribution is 2.46. The average molecular weight is 880 g/mol. The highest BCUT2D eigenvalue weighted by atomic mass is 16.3. The molecule has 14 aromatic rings. The predicted octanol–water partition coefficient (Wildman–Crippen LogP) is 18.0. The Morgan fingerprint density at radius 1 is 0.362 bits per heavy atom. The molecule has 69 heavy (non-hydrogen) atoms. The Kier molecular flexibility index (Phi) is 8.86. The fraction of sp³-hybridized carbons (Fsp3) is 0. The fourth-order valence-corrected chi connectivity index (χ4v) is 10.8. The Morgan fingerprint density at radius 3 is 1.93 bits per heavy atom. The van der Waals surface area contributed by atoms with Crippen molar-refractivity contribution in [3.63, 3.8) is 0 Å². The molecule has 0 aliphatic carbocycles. The number of rotatable bonds is 7. The molecule has 0 amide bonds. The highest BCUT2D eigenvalue weighted by molar-refractivity contribution is 6.13. The van der Waals surface area contributed by atoms with E-state index in [9.17, 15) is 0 Å². The third kappa shape index (κ3) is 6.34. The van der Waals surface area contributed by atoms with Gasteiger partial charge in [0.25, 0.3) is 0 Å². The number of anilines is 3. The van der Waals surface area contributed by atoms with E-state index in [1.807, 2.05) is 12.3 Å². The van der Waals surface area contributed by atoms with Crippen LogP contribution in [0.25, 0.3) is 115 Å². The first kappa shape index (κ1) is 39.0. The molecule has 322 valence electrons. The zero-order valence-corrected chi connectivity index (χ0v) is 37.4. The molecule has 0 saturated heterocycles. The third-order valence-electron chi connectivity index (χ3n) is 14.0. The second-order valence-corrected chi connectivity index (χ2v) is 17.9. The van der Waals surface area contributed by atoms with Gasteiger partial charge in [-0.2, -0.15) is 0 Å². The van der Waals surface area contributed by atoms with Crippen molar-refractivity contribution in [1.29, 1.82) is 0 Å². The van der Waals surface area contributed by atoms with Gasteiger partial charge in [-0.25, -0.2) is 0 Å². The van der Waals surface area contributed by atoms with Crippen molar-refractivity contribution in [2.45, 2.75) is 0 Å². The van der Waals surface area contributed by atoms with Gasteiger partial charge in [0.1, 0.15) is 11.2 Å². The normalized spacial score (nSPS) is 11.8. The number of hydrogen-bond acceptors (Lipinski definition) is 3. The molecular formula is C65H41N3O. The van der Waals surface area contributed by atoms with E-state index in [0.717, 1.165) is 105 Å². The van der Waals surface area contributed by atoms with Crippen LogP contribution in [0, 0.1) is 0 Å². The van der Waals surface area contributed by atoms with Crippen LogP contribution < -0.4 is 4.90 Å². The van der Waals surface area contributed by atoms with Crippen molar-refractivity contribution in [2.75, 3.05) is 4.90 Å². The summed E-state index contributed by atoms with van der Waals surface area (Å²) in [5.74, 6) is 0. The molecule has 0 N–H and O–H groups in total. The molecule has 0 unspecified atom stereocenters. The maximum Gasteiger partial charge on any atom is 0.143 e. The molecule has 4 heteroatoms. The largest absolute Gasteiger partial charge is 0.455 e. The van der Waals surface area contributed by atoms with Crippen LogP contribution in [0.1, 0.15) is 0 Å². The number of aromatic nitrogens is 2. The van der Waals surface area contributed by atoms with Crippen molar-refractivity contribution >= 4 is 93.3 Å². The van der Waals surface area contributed by atoms with Crippen LogP contribution in [0.5, 0.6) is 0 Å². The molecule has 0 saturated carbocycles. The zero-order valence-electron chi connectivity index (χ0n) is 37.4. The first-order valence-electron chi connectivity index (χ1n) is 23.5. The van der Waals surface area contributed by atoms with Crippen LogP contribution in [-0.4, -0.2) is 9.55 Å². The second-order valence-electron chi connectivity index (χ2n) is 17.9. The fourth-order valence-electron chi connectivity index (χ4n) is 10.8. The Hall–Kier alpha value is -9.25. The van der Waals surface area contributed by atoms with Crippen LogP contribution in [0.4, 0.5) is 17.1 Å². The summed E-state index contributed by atoms with van der Waals surface area (Å²) in [5, 5.41) is 10.5. The minimum absolute atomic E-state index is 0.885. The second kappa shape index (κ2) is 15.7. The topological polar surface area (TPSA) is 34.2 Å². The quantitative estimate of drug-likeness (QED) is 0.160. The van der Waals surface area contributed by atoms with Crippen molar-refractivity contribution in [3.05, 3.63) is 249 Å². The van der Waals surface area contributed by atoms with Gasteiger partial charge in [-0.3, -0.25) is 4.98 Å². The smallest absolute Gasteiger partial charge is 0.143 e. The molecular weight excluding hydrogens is 839 g/mol. The Labute approximate surface area is 398 Å². The van der Waals surface area contributed by atoms with E-state index >= 15 is 0 Å². The molecule has 0 spiro atoms. The molecule has 0 radical (unpaired) electrons. The van der Waals surface area contributed by atoms with Crippen molar-refractivity contribution in [2.24, 2.45) is 0 Å². The van der Waals surface area contributed by atoms with Gasteiger partial charge >= 0.3 is 0 Å². The summed E-state index contributed by atoms with van der Waals surface area (Å²) in [6.07, 6.45) is 1.92. The van der Waals surface area contributed by atoms with Crippen molar-refractivity contribution in [3.8, 4) is 39.1 Å². The summed E-state index contributed by atoms with van der Waals surface area (Å²) in [6.45, 7) is 0. The summed E-state index contributed by atoms with van der Waals surface area (Å²) in [4.78, 5) is 7.10. The molecule has 4 nitrogen and oxygen atoms in total. The zero-order chi connectivity index (χ0) is 45.4. The van der Waals surface area contributed by atoms with E-state index in [0.29, 0.717) is 0 Å². The summed E-state index contributed by atoms with van der Waals surface area (Å²) in [5.41, 5.74) is 16.2. The average Bonchev–Trinajstić information content (AvgIpc) is 3.97. The lowest BCUT2D eigenvalue weighted by Crippen LogP contribution is -2.10. The van der Waals surface area contributed by atoms with E-state index in [-0.39, 0.29) is 0 Å². The Bertz CT molecular complexity index is 4330. The van der Waals surface area contributed by atoms with Gasteiger partial charge in [-0.15, -0.1) is 0 Å². The summed E-state index contributed by atoms with van der Waals surface area (Å²) < 4.78 is 9.12. The first-order valence-corrected chi connectivity index (χ1v) is 23.5. The number of furan rings is 1. The number of nitrogens with zero attached hydrogens (tertiary/aromatic N) is 3. The van der Waals surface area contributed by atoms with Gasteiger partial charge in [0.15, 0.2) is 0 Å². The minimum atomic E-state index is 0.885. The molecule has 0 atom stereocenters. The summed E-state index contributed by atoms with van der Waals surface area (Å²) in [7, 11) is 0. The molecule has 14 rings (SSSR count). The van der Waals surface area contributed by atoms with Gasteiger partial charge in [0.05, 0.1) is 27.9 Å². The molecule has 3 aromatic heterocycles. The Balaban J connectivity index is 0.995. The third-order valence-corrected chi connectivity index (χ3v) is 14.0. The molecule has 0 bridgehead atoms. The van der Waals surface area contributed by atoms with Crippen LogP contribution in [0.2, 0.25) is 0 Å². The van der Waals surface area contributed by atoms with Gasteiger partial charge in [0.2, 0.25) is 0 Å². The van der Waals surface area contributed by atoms with E-state index in [1.165, 1.54) is 26.9 Å². The molecule has 0 fully saturated rings. The maximum atomic E-state index is 6.72. The number of fused-ring (bicyclic) bond motifs is 9. The monoisotopic (exact) mass is 879 g/mol. The van der Waals surface area contributed by atoms with E-state index in [2.05, 4.69) is 246 Å². The van der Waals surface area contributed by atoms with Crippen LogP contribution in [-0.2, 0) is 0 Å². The number of benzene rings is 11. The molecule has 11 aromatic carbocycles. The van der Waals surface area contributed by atoms with Crippen molar-refractivity contribution < 1.29 is 4.42 Å². The number of hydrogen-bond donors (Lipinski definition) is 0. The molecule has 0 aliphatic rings. The van der Waals surface area contributed by atoms with Gasteiger partial charge in [0, 0.05) is 55.5 Å². The summed E-state index contributed by atoms with van der Waals surface area (Å²) >= 11 is 0. The lowest BCUT2D eigenvalue weighted by atomic mass is 9.90. The van der Waals surface area contributed by atoms with E-state index in [4.69, 9.17) is 9.40 Å². The molecule has 3 heterocycles. The van der Waals surface area contributed by atoms with Crippen molar-refractivity contribution in [1.82, 2.24) is 9.55 Å². The predicted molar refractivity (Wildman–Crippen MR) is 289 cm³/mol. The SMILES string of the molecule is c1ccc(N(c2ccc3ccccc3c2)c2ccc(-c3cc(-c4ccc5c(c4)c4ccccc4n5-c4ccnc5ccccc45)cc(-c4cccc5c4oc4ccccc45)c3)c3ccccc23)cc1. The lowest BCUT2D eigenvalue weighted by molar-refractivity contribution is 0.670. The van der Waals surface area contributed by atoms with E-state index in [1.54, 1.807) is 0 Å². The molecule has 0 aliphatic heterocycles. The van der Waals surface area contributed by atoms with Gasteiger partial charge < -0.3 is 13.9 Å². The first-order chi connectivity index (χ1) is 34.2. The minimum Gasteiger partial charge on any atom is -0.455 e. The van der Waals surface area contributed by atoms with E-state index < -0.39 is 0 Å². The Morgan fingerprint density at radius 2 is 1.04 bits per heavy atom. The summed E-state index contributed by atoms with van der Waals surface area (Å²) in [6, 6.07) is 87.7. The van der Waals surface area contributed by atoms with Gasteiger partial charge in [-0.1, -0.05) is 158 Å². The number of para-hydroxylation sites is 5. The highest BCUT2D eigenvalue weighted by Gasteiger charge is 2.21. The van der Waals surface area contributed by atoms with Gasteiger partial charge in [-0.05, 0) is 129 Å². The standard InChI is InChI=1S/C65H41N3O/c1-2-17-48(18-3-1)67(49-31-29-42-15-4-5-16-43(42)40-49)61-34-32-50(52-19-6-7-20-53(52)61)46-37-45(38-47(39-46)51-24-14-25-56-55-22-10-13-28-64(55)69-65(51)56)44-30-33-62-58(41-44)54-21-9-12-27-60(54)68(62)63-35-36-66-59-26-11-8-23-57(59)63/h1-41H. The van der Waals surface area contributed by atoms with Crippen LogP contribution in [0.15, 0.2) is 253 Å². The van der Waals surface area contributed by atoms with Crippen LogP contribution in [0.3, 0.4) is 0 Å². The maximum absolute atomic E-state index is 6.72. The number of pyridine rings is 1. The lowest BCUT2D eigenvalue weighted by Gasteiger charge is -2.28. The van der Waals surface area contributed by atoms with Crippen LogP contribution >= 0.6 is 0 Å².